The van der Waals surface area contributed by atoms with Crippen LogP contribution in [0.5, 0.6) is 0 Å². The first-order valence-corrected chi connectivity index (χ1v) is 7.40. The van der Waals surface area contributed by atoms with Gasteiger partial charge < -0.3 is 0 Å². The van der Waals surface area contributed by atoms with Crippen LogP contribution in [-0.4, -0.2) is 22.3 Å². The van der Waals surface area contributed by atoms with Crippen molar-refractivity contribution in [2.45, 2.75) is 31.7 Å². The van der Waals surface area contributed by atoms with Crippen molar-refractivity contribution in [2.75, 3.05) is 0 Å². The van der Waals surface area contributed by atoms with Gasteiger partial charge in [0.05, 0.1) is 0 Å². The zero-order valence-corrected chi connectivity index (χ0v) is 13.0. The average molecular weight is 293 g/mol. The van der Waals surface area contributed by atoms with Gasteiger partial charge in [-0.1, -0.05) is 60.7 Å². The van der Waals surface area contributed by atoms with Crippen LogP contribution in [0.4, 0.5) is 0 Å². The molecule has 2 aromatic carbocycles. The number of imide groups is 1. The summed E-state index contributed by atoms with van der Waals surface area (Å²) in [7, 11) is 0. The van der Waals surface area contributed by atoms with E-state index in [0.717, 1.165) is 11.1 Å². The molecule has 112 valence electrons. The van der Waals surface area contributed by atoms with E-state index in [4.69, 9.17) is 0 Å². The first-order chi connectivity index (χ1) is 10.4. The molecule has 2 aromatic rings. The van der Waals surface area contributed by atoms with E-state index in [1.807, 2.05) is 81.4 Å². The van der Waals surface area contributed by atoms with Gasteiger partial charge in [-0.05, 0) is 31.9 Å². The largest absolute Gasteiger partial charge is 0.274 e. The van der Waals surface area contributed by atoms with Gasteiger partial charge in [0.15, 0.2) is 5.41 Å². The number of nitrogens with zero attached hydrogens (tertiary/aromatic N) is 1. The van der Waals surface area contributed by atoms with Gasteiger partial charge in [-0.3, -0.25) is 14.5 Å². The monoisotopic (exact) mass is 293 g/mol. The number of amides is 2. The van der Waals surface area contributed by atoms with Crippen LogP contribution >= 0.6 is 0 Å². The van der Waals surface area contributed by atoms with Crippen LogP contribution in [0.15, 0.2) is 60.7 Å². The highest BCUT2D eigenvalue weighted by atomic mass is 16.2. The molecule has 0 radical (unpaired) electrons. The third-order valence-corrected chi connectivity index (χ3v) is 4.13. The zero-order valence-electron chi connectivity index (χ0n) is 13.0. The minimum absolute atomic E-state index is 0.151. The Balaban J connectivity index is 2.20. The Hall–Kier alpha value is -2.42. The molecule has 0 aliphatic carbocycles. The van der Waals surface area contributed by atoms with Crippen molar-refractivity contribution >= 4 is 11.8 Å². The number of β-lactam (4-membered cyclic amide) rings is 2. The van der Waals surface area contributed by atoms with E-state index in [9.17, 15) is 9.59 Å². The predicted octanol–water partition coefficient (Wildman–Crippen LogP) is 3.14. The minimum Gasteiger partial charge on any atom is -0.274 e. The minimum atomic E-state index is -1.20. The lowest BCUT2D eigenvalue weighted by molar-refractivity contribution is -0.173. The molecule has 0 spiro atoms. The summed E-state index contributed by atoms with van der Waals surface area (Å²) < 4.78 is 0. The van der Waals surface area contributed by atoms with Crippen molar-refractivity contribution in [3.63, 3.8) is 0 Å². The van der Waals surface area contributed by atoms with Crippen molar-refractivity contribution in [3.8, 4) is 0 Å². The van der Waals surface area contributed by atoms with Gasteiger partial charge in [0.25, 0.3) is 11.8 Å². The molecule has 3 rings (SSSR count). The highest BCUT2D eigenvalue weighted by Gasteiger charge is 2.65. The maximum Gasteiger partial charge on any atom is 0.254 e. The maximum atomic E-state index is 13.0. The van der Waals surface area contributed by atoms with E-state index >= 15 is 0 Å². The Morgan fingerprint density at radius 2 is 1.09 bits per heavy atom. The molecule has 1 aliphatic heterocycles. The van der Waals surface area contributed by atoms with Crippen LogP contribution in [0.1, 0.15) is 31.9 Å². The van der Waals surface area contributed by atoms with E-state index < -0.39 is 11.0 Å². The first kappa shape index (κ1) is 14.5. The number of hydrogen-bond donors (Lipinski definition) is 0. The lowest BCUT2D eigenvalue weighted by Gasteiger charge is -2.52. The second-order valence-electron chi connectivity index (χ2n) is 6.60. The SMILES string of the molecule is CC(C)(C)N1C(=O)C(c2ccccc2)(c2ccccc2)C1=O. The molecule has 0 aromatic heterocycles. The molecule has 0 bridgehead atoms. The summed E-state index contributed by atoms with van der Waals surface area (Å²) >= 11 is 0. The maximum absolute atomic E-state index is 13.0. The lowest BCUT2D eigenvalue weighted by atomic mass is 9.65. The molecule has 1 heterocycles. The topological polar surface area (TPSA) is 37.4 Å². The third kappa shape index (κ3) is 1.82. The lowest BCUT2D eigenvalue weighted by Crippen LogP contribution is -2.73. The number of benzene rings is 2. The summed E-state index contributed by atoms with van der Waals surface area (Å²) in [5.41, 5.74) is -0.245. The molecule has 3 nitrogen and oxygen atoms in total. The fraction of sp³-hybridized carbons (Fsp3) is 0.263. The standard InChI is InChI=1S/C19H19NO2/c1-18(2,3)20-16(21)19(17(20)22,14-10-6-4-7-11-14)15-12-8-5-9-13-15/h4-13H,1-3H3. The van der Waals surface area contributed by atoms with E-state index in [1.165, 1.54) is 4.90 Å². The van der Waals surface area contributed by atoms with Crippen LogP contribution in [0.3, 0.4) is 0 Å². The molecule has 1 saturated heterocycles. The van der Waals surface area contributed by atoms with Crippen molar-refractivity contribution in [3.05, 3.63) is 71.8 Å². The average Bonchev–Trinajstić information content (AvgIpc) is 2.48. The summed E-state index contributed by atoms with van der Waals surface area (Å²) in [6, 6.07) is 18.6. The molecule has 1 aliphatic rings. The quantitative estimate of drug-likeness (QED) is 0.630. The summed E-state index contributed by atoms with van der Waals surface area (Å²) in [6.45, 7) is 5.63. The van der Waals surface area contributed by atoms with Gasteiger partial charge in [-0.15, -0.1) is 0 Å². The Bertz CT molecular complexity index is 657. The molecular formula is C19H19NO2. The Morgan fingerprint density at radius 1 is 0.727 bits per heavy atom. The third-order valence-electron chi connectivity index (χ3n) is 4.13. The van der Waals surface area contributed by atoms with Crippen molar-refractivity contribution in [1.82, 2.24) is 4.90 Å². The normalized spacial score (nSPS) is 17.3. The van der Waals surface area contributed by atoms with E-state index in [2.05, 4.69) is 0 Å². The molecule has 22 heavy (non-hydrogen) atoms. The van der Waals surface area contributed by atoms with Gasteiger partial charge in [0.1, 0.15) is 0 Å². The zero-order chi connectivity index (χ0) is 16.0. The van der Waals surface area contributed by atoms with Gasteiger partial charge in [0.2, 0.25) is 0 Å². The number of likely N-dealkylation sites (tertiary alicyclic amines) is 1. The van der Waals surface area contributed by atoms with Gasteiger partial charge >= 0.3 is 0 Å². The van der Waals surface area contributed by atoms with Crippen LogP contribution in [0.25, 0.3) is 0 Å². The number of carbonyl (C=O) groups excluding carboxylic acids is 2. The Morgan fingerprint density at radius 3 is 1.41 bits per heavy atom. The van der Waals surface area contributed by atoms with Crippen LogP contribution in [-0.2, 0) is 15.0 Å². The summed E-state index contributed by atoms with van der Waals surface area (Å²) in [5, 5.41) is 0. The molecular weight excluding hydrogens is 274 g/mol. The Labute approximate surface area is 130 Å². The fourth-order valence-electron chi connectivity index (χ4n) is 3.11. The second kappa shape index (κ2) is 4.80. The molecule has 3 heteroatoms. The predicted molar refractivity (Wildman–Crippen MR) is 85.3 cm³/mol. The molecule has 0 unspecified atom stereocenters. The molecule has 2 amide bonds. The number of hydrogen-bond acceptors (Lipinski definition) is 2. The molecule has 1 fully saturated rings. The summed E-state index contributed by atoms with van der Waals surface area (Å²) in [4.78, 5) is 27.5. The fourth-order valence-corrected chi connectivity index (χ4v) is 3.11. The second-order valence-corrected chi connectivity index (χ2v) is 6.60. The summed E-state index contributed by atoms with van der Waals surface area (Å²) in [6.07, 6.45) is 0. The van der Waals surface area contributed by atoms with Crippen molar-refractivity contribution in [1.29, 1.82) is 0 Å². The van der Waals surface area contributed by atoms with Crippen LogP contribution in [0.2, 0.25) is 0 Å². The smallest absolute Gasteiger partial charge is 0.254 e. The first-order valence-electron chi connectivity index (χ1n) is 7.40. The van der Waals surface area contributed by atoms with Gasteiger partial charge in [0, 0.05) is 5.54 Å². The van der Waals surface area contributed by atoms with E-state index in [-0.39, 0.29) is 11.8 Å². The molecule has 0 saturated carbocycles. The number of carbonyl (C=O) groups is 2. The molecule has 0 atom stereocenters. The van der Waals surface area contributed by atoms with Crippen LogP contribution < -0.4 is 0 Å². The van der Waals surface area contributed by atoms with E-state index in [0.29, 0.717) is 0 Å². The highest BCUT2D eigenvalue weighted by molar-refractivity contribution is 6.29. The highest BCUT2D eigenvalue weighted by Crippen LogP contribution is 2.46. The van der Waals surface area contributed by atoms with E-state index in [1.54, 1.807) is 0 Å². The summed E-state index contributed by atoms with van der Waals surface area (Å²) in [5.74, 6) is -0.301. The molecule has 0 N–H and O–H groups in total. The van der Waals surface area contributed by atoms with Crippen molar-refractivity contribution in [2.24, 2.45) is 0 Å². The Kier molecular flexibility index (Phi) is 3.17. The van der Waals surface area contributed by atoms with Gasteiger partial charge in [-0.25, -0.2) is 0 Å². The number of rotatable bonds is 2. The van der Waals surface area contributed by atoms with Crippen LogP contribution in [0, 0.1) is 0 Å². The van der Waals surface area contributed by atoms with Gasteiger partial charge in [-0.2, -0.15) is 0 Å². The van der Waals surface area contributed by atoms with Crippen molar-refractivity contribution < 1.29 is 9.59 Å².